The SMILES string of the molecule is NNC(CC1CCOCC1)c1ncn[nH]1. The second-order valence-electron chi connectivity index (χ2n) is 3.88. The molecule has 1 unspecified atom stereocenters. The molecule has 6 nitrogen and oxygen atoms in total. The maximum absolute atomic E-state index is 5.51. The van der Waals surface area contributed by atoms with Crippen LogP contribution in [0.3, 0.4) is 0 Å². The maximum Gasteiger partial charge on any atom is 0.142 e. The van der Waals surface area contributed by atoms with Gasteiger partial charge in [-0.2, -0.15) is 5.10 Å². The molecule has 1 fully saturated rings. The van der Waals surface area contributed by atoms with Crippen LogP contribution in [-0.4, -0.2) is 28.4 Å². The van der Waals surface area contributed by atoms with Crippen LogP contribution < -0.4 is 11.3 Å². The van der Waals surface area contributed by atoms with Gasteiger partial charge in [-0.15, -0.1) is 0 Å². The van der Waals surface area contributed by atoms with E-state index < -0.39 is 0 Å². The summed E-state index contributed by atoms with van der Waals surface area (Å²) in [5, 5.41) is 6.67. The summed E-state index contributed by atoms with van der Waals surface area (Å²) in [6, 6.07) is 0.0654. The van der Waals surface area contributed by atoms with E-state index in [1.165, 1.54) is 6.33 Å². The number of hydrogen-bond acceptors (Lipinski definition) is 5. The summed E-state index contributed by atoms with van der Waals surface area (Å²) >= 11 is 0. The van der Waals surface area contributed by atoms with Crippen molar-refractivity contribution in [3.63, 3.8) is 0 Å². The molecule has 0 bridgehead atoms. The van der Waals surface area contributed by atoms with Gasteiger partial charge >= 0.3 is 0 Å². The zero-order valence-electron chi connectivity index (χ0n) is 8.65. The molecule has 2 heterocycles. The number of ether oxygens (including phenoxy) is 1. The molecule has 2 rings (SSSR count). The van der Waals surface area contributed by atoms with Crippen LogP contribution in [0.1, 0.15) is 31.1 Å². The van der Waals surface area contributed by atoms with Gasteiger partial charge in [0.15, 0.2) is 0 Å². The van der Waals surface area contributed by atoms with Crippen LogP contribution in [0.25, 0.3) is 0 Å². The molecule has 1 aliphatic rings. The molecular weight excluding hydrogens is 194 g/mol. The van der Waals surface area contributed by atoms with Crippen LogP contribution in [0.15, 0.2) is 6.33 Å². The Bertz CT molecular complexity index is 270. The van der Waals surface area contributed by atoms with E-state index in [2.05, 4.69) is 20.6 Å². The molecular formula is C9H17N5O. The number of H-pyrrole nitrogens is 1. The zero-order chi connectivity index (χ0) is 10.5. The third kappa shape index (κ3) is 2.74. The van der Waals surface area contributed by atoms with Crippen molar-refractivity contribution in [3.8, 4) is 0 Å². The van der Waals surface area contributed by atoms with Gasteiger partial charge in [0.25, 0.3) is 0 Å². The van der Waals surface area contributed by atoms with E-state index in [1.54, 1.807) is 0 Å². The van der Waals surface area contributed by atoms with Crippen molar-refractivity contribution < 1.29 is 4.74 Å². The number of aromatic amines is 1. The Hall–Kier alpha value is -0.980. The van der Waals surface area contributed by atoms with Gasteiger partial charge in [0, 0.05) is 13.2 Å². The van der Waals surface area contributed by atoms with Crippen LogP contribution in [0.5, 0.6) is 0 Å². The molecule has 1 saturated heterocycles. The highest BCUT2D eigenvalue weighted by molar-refractivity contribution is 4.91. The van der Waals surface area contributed by atoms with Gasteiger partial charge < -0.3 is 4.74 Å². The Morgan fingerprint density at radius 2 is 2.40 bits per heavy atom. The van der Waals surface area contributed by atoms with Crippen LogP contribution in [0.4, 0.5) is 0 Å². The molecule has 1 aromatic rings. The molecule has 1 aliphatic heterocycles. The highest BCUT2D eigenvalue weighted by Gasteiger charge is 2.21. The first-order chi connectivity index (χ1) is 7.40. The third-order valence-electron chi connectivity index (χ3n) is 2.87. The van der Waals surface area contributed by atoms with Gasteiger partial charge in [-0.3, -0.25) is 10.9 Å². The molecule has 0 aliphatic carbocycles. The Kier molecular flexibility index (Phi) is 3.65. The van der Waals surface area contributed by atoms with Crippen molar-refractivity contribution in [2.24, 2.45) is 11.8 Å². The van der Waals surface area contributed by atoms with Crippen molar-refractivity contribution >= 4 is 0 Å². The van der Waals surface area contributed by atoms with Gasteiger partial charge in [0.1, 0.15) is 12.2 Å². The minimum absolute atomic E-state index is 0.0654. The number of hydrogen-bond donors (Lipinski definition) is 3. The highest BCUT2D eigenvalue weighted by atomic mass is 16.5. The quantitative estimate of drug-likeness (QED) is 0.486. The summed E-state index contributed by atoms with van der Waals surface area (Å²) < 4.78 is 5.32. The summed E-state index contributed by atoms with van der Waals surface area (Å²) in [5.41, 5.74) is 2.78. The molecule has 1 atom stereocenters. The lowest BCUT2D eigenvalue weighted by atomic mass is 9.92. The summed E-state index contributed by atoms with van der Waals surface area (Å²) in [5.74, 6) is 6.98. The fraction of sp³-hybridized carbons (Fsp3) is 0.778. The smallest absolute Gasteiger partial charge is 0.142 e. The largest absolute Gasteiger partial charge is 0.381 e. The van der Waals surface area contributed by atoms with E-state index >= 15 is 0 Å². The number of nitrogens with zero attached hydrogens (tertiary/aromatic N) is 2. The topological polar surface area (TPSA) is 88.8 Å². The second-order valence-corrected chi connectivity index (χ2v) is 3.88. The minimum atomic E-state index is 0.0654. The number of rotatable bonds is 4. The molecule has 4 N–H and O–H groups in total. The molecule has 0 spiro atoms. The van der Waals surface area contributed by atoms with E-state index in [-0.39, 0.29) is 6.04 Å². The minimum Gasteiger partial charge on any atom is -0.381 e. The predicted octanol–water partition coefficient (Wildman–Crippen LogP) is 0.126. The van der Waals surface area contributed by atoms with E-state index in [0.717, 1.165) is 38.3 Å². The number of nitrogens with two attached hydrogens (primary N) is 1. The molecule has 0 saturated carbocycles. The average Bonchev–Trinajstić information content (AvgIpc) is 2.81. The van der Waals surface area contributed by atoms with Crippen molar-refractivity contribution in [2.45, 2.75) is 25.3 Å². The molecule has 6 heteroatoms. The van der Waals surface area contributed by atoms with E-state index in [9.17, 15) is 0 Å². The van der Waals surface area contributed by atoms with E-state index in [1.807, 2.05) is 0 Å². The molecule has 0 aromatic carbocycles. The van der Waals surface area contributed by atoms with Gasteiger partial charge in [-0.25, -0.2) is 10.4 Å². The van der Waals surface area contributed by atoms with Gasteiger partial charge in [-0.1, -0.05) is 0 Å². The summed E-state index contributed by atoms with van der Waals surface area (Å²) in [4.78, 5) is 4.11. The Balaban J connectivity index is 1.90. The summed E-state index contributed by atoms with van der Waals surface area (Å²) in [6.07, 6.45) is 4.69. The lowest BCUT2D eigenvalue weighted by molar-refractivity contribution is 0.0602. The van der Waals surface area contributed by atoms with Crippen LogP contribution in [0, 0.1) is 5.92 Å². The molecule has 0 amide bonds. The summed E-state index contributed by atoms with van der Waals surface area (Å²) in [7, 11) is 0. The van der Waals surface area contributed by atoms with Crippen LogP contribution in [-0.2, 0) is 4.74 Å². The molecule has 1 aromatic heterocycles. The Labute approximate surface area is 88.6 Å². The first kappa shape index (κ1) is 10.5. The van der Waals surface area contributed by atoms with Gasteiger partial charge in [0.05, 0.1) is 6.04 Å². The number of nitrogens with one attached hydrogen (secondary N) is 2. The lowest BCUT2D eigenvalue weighted by Gasteiger charge is -2.25. The van der Waals surface area contributed by atoms with Crippen molar-refractivity contribution in [2.75, 3.05) is 13.2 Å². The fourth-order valence-corrected chi connectivity index (χ4v) is 1.96. The second kappa shape index (κ2) is 5.20. The van der Waals surface area contributed by atoms with Gasteiger partial charge in [0.2, 0.25) is 0 Å². The van der Waals surface area contributed by atoms with E-state index in [0.29, 0.717) is 5.92 Å². The van der Waals surface area contributed by atoms with Crippen molar-refractivity contribution in [3.05, 3.63) is 12.2 Å². The standard InChI is InChI=1S/C9H17N5O/c10-13-8(9-11-6-12-14-9)5-7-1-3-15-4-2-7/h6-8,13H,1-5,10H2,(H,11,12,14). The molecule has 0 radical (unpaired) electrons. The Morgan fingerprint density at radius 1 is 1.60 bits per heavy atom. The summed E-state index contributed by atoms with van der Waals surface area (Å²) in [6.45, 7) is 1.72. The highest BCUT2D eigenvalue weighted by Crippen LogP contribution is 2.25. The normalized spacial score (nSPS) is 20.3. The average molecular weight is 211 g/mol. The zero-order valence-corrected chi connectivity index (χ0v) is 8.65. The van der Waals surface area contributed by atoms with Crippen LogP contribution >= 0.6 is 0 Å². The van der Waals surface area contributed by atoms with Crippen LogP contribution in [0.2, 0.25) is 0 Å². The first-order valence-corrected chi connectivity index (χ1v) is 5.29. The molecule has 84 valence electrons. The Morgan fingerprint density at radius 3 is 3.00 bits per heavy atom. The lowest BCUT2D eigenvalue weighted by Crippen LogP contribution is -2.31. The van der Waals surface area contributed by atoms with Gasteiger partial charge in [-0.05, 0) is 25.2 Å². The predicted molar refractivity (Wildman–Crippen MR) is 54.6 cm³/mol. The first-order valence-electron chi connectivity index (χ1n) is 5.29. The number of aromatic nitrogens is 3. The third-order valence-corrected chi connectivity index (χ3v) is 2.87. The van der Waals surface area contributed by atoms with E-state index in [4.69, 9.17) is 10.6 Å². The number of hydrazine groups is 1. The fourth-order valence-electron chi connectivity index (χ4n) is 1.96. The molecule has 15 heavy (non-hydrogen) atoms. The monoisotopic (exact) mass is 211 g/mol. The van der Waals surface area contributed by atoms with Crippen molar-refractivity contribution in [1.82, 2.24) is 20.6 Å². The maximum atomic E-state index is 5.51. The van der Waals surface area contributed by atoms with Crippen molar-refractivity contribution in [1.29, 1.82) is 0 Å².